The fraction of sp³-hybridized carbons (Fsp3) is 0.333. The van der Waals surface area contributed by atoms with E-state index in [-0.39, 0.29) is 5.69 Å². The molecular weight excluding hydrogens is 211 g/mol. The van der Waals surface area contributed by atoms with Gasteiger partial charge in [0.1, 0.15) is 5.82 Å². The molecule has 0 radical (unpaired) electrons. The van der Waals surface area contributed by atoms with Crippen LogP contribution in [0.2, 0.25) is 0 Å². The number of nitrogens with zero attached hydrogens (tertiary/aromatic N) is 5. The van der Waals surface area contributed by atoms with Crippen molar-refractivity contribution in [1.29, 1.82) is 0 Å². The van der Waals surface area contributed by atoms with Crippen molar-refractivity contribution < 1.29 is 4.39 Å². The molecule has 0 fully saturated rings. The summed E-state index contributed by atoms with van der Waals surface area (Å²) in [6.45, 7) is 0. The van der Waals surface area contributed by atoms with Gasteiger partial charge in [0.05, 0.1) is 18.8 Å². The van der Waals surface area contributed by atoms with E-state index in [1.54, 1.807) is 7.05 Å². The molecule has 0 aliphatic rings. The van der Waals surface area contributed by atoms with Crippen LogP contribution in [-0.2, 0) is 13.5 Å². The summed E-state index contributed by atoms with van der Waals surface area (Å²) in [7, 11) is 1.66. The van der Waals surface area contributed by atoms with Crippen LogP contribution < -0.4 is 5.73 Å². The number of hydrogen-bond donors (Lipinski definition) is 1. The maximum atomic E-state index is 13.3. The van der Waals surface area contributed by atoms with E-state index in [4.69, 9.17) is 5.73 Å². The molecule has 84 valence electrons. The van der Waals surface area contributed by atoms with Crippen LogP contribution in [0.3, 0.4) is 0 Å². The van der Waals surface area contributed by atoms with Gasteiger partial charge in [-0.2, -0.15) is 4.80 Å². The van der Waals surface area contributed by atoms with Crippen LogP contribution in [0, 0.1) is 5.82 Å². The molecule has 2 aromatic rings. The lowest BCUT2D eigenvalue weighted by Crippen LogP contribution is -2.17. The van der Waals surface area contributed by atoms with E-state index >= 15 is 0 Å². The molecule has 6 nitrogen and oxygen atoms in total. The minimum atomic E-state index is -0.564. The van der Waals surface area contributed by atoms with Gasteiger partial charge in [0, 0.05) is 12.6 Å². The molecule has 0 spiro atoms. The molecule has 1 atom stereocenters. The largest absolute Gasteiger partial charge is 0.322 e. The van der Waals surface area contributed by atoms with E-state index in [9.17, 15) is 4.39 Å². The highest BCUT2D eigenvalue weighted by molar-refractivity contribution is 5.12. The number of halogens is 1. The van der Waals surface area contributed by atoms with Gasteiger partial charge in [-0.1, -0.05) is 0 Å². The fourth-order valence-corrected chi connectivity index (χ4v) is 1.37. The Bertz CT molecular complexity index is 482. The van der Waals surface area contributed by atoms with Crippen molar-refractivity contribution in [3.05, 3.63) is 35.7 Å². The first-order valence-electron chi connectivity index (χ1n) is 4.75. The van der Waals surface area contributed by atoms with Gasteiger partial charge < -0.3 is 5.73 Å². The zero-order valence-electron chi connectivity index (χ0n) is 8.71. The van der Waals surface area contributed by atoms with Crippen molar-refractivity contribution in [2.45, 2.75) is 12.5 Å². The third-order valence-electron chi connectivity index (χ3n) is 2.09. The highest BCUT2D eigenvalue weighted by Gasteiger charge is 2.15. The first-order chi connectivity index (χ1) is 7.66. The molecule has 0 saturated carbocycles. The topological polar surface area (TPSA) is 82.5 Å². The van der Waals surface area contributed by atoms with E-state index in [1.807, 2.05) is 0 Å². The molecule has 0 saturated heterocycles. The Balaban J connectivity index is 2.14. The van der Waals surface area contributed by atoms with Crippen molar-refractivity contribution in [2.75, 3.05) is 0 Å². The van der Waals surface area contributed by atoms with Crippen LogP contribution in [0.5, 0.6) is 0 Å². The molecule has 2 rings (SSSR count). The number of aromatic nitrogens is 5. The van der Waals surface area contributed by atoms with E-state index < -0.39 is 11.9 Å². The number of nitrogens with two attached hydrogens (primary N) is 1. The van der Waals surface area contributed by atoms with Crippen LogP contribution in [-0.4, -0.2) is 25.2 Å². The maximum absolute atomic E-state index is 13.3. The van der Waals surface area contributed by atoms with Gasteiger partial charge in [0.15, 0.2) is 5.82 Å². The highest BCUT2D eigenvalue weighted by atomic mass is 19.1. The minimum absolute atomic E-state index is 0.218. The number of aryl methyl sites for hydroxylation is 1. The second-order valence-electron chi connectivity index (χ2n) is 3.38. The van der Waals surface area contributed by atoms with Gasteiger partial charge in [-0.05, 0) is 17.3 Å². The molecule has 0 aliphatic heterocycles. The Kier molecular flexibility index (Phi) is 2.86. The summed E-state index contributed by atoms with van der Waals surface area (Å²) >= 11 is 0. The zero-order chi connectivity index (χ0) is 11.5. The molecular formula is C9H11FN6. The van der Waals surface area contributed by atoms with Gasteiger partial charge in [-0.15, -0.1) is 10.2 Å². The molecule has 2 aromatic heterocycles. The summed E-state index contributed by atoms with van der Waals surface area (Å²) in [4.78, 5) is 5.23. The van der Waals surface area contributed by atoms with Gasteiger partial charge in [-0.3, -0.25) is 4.98 Å². The lowest BCUT2D eigenvalue weighted by atomic mass is 10.1. The number of pyridine rings is 1. The molecule has 0 aromatic carbocycles. The van der Waals surface area contributed by atoms with Crippen molar-refractivity contribution in [1.82, 2.24) is 25.2 Å². The van der Waals surface area contributed by atoms with Gasteiger partial charge in [0.25, 0.3) is 0 Å². The van der Waals surface area contributed by atoms with Crippen LogP contribution in [0.4, 0.5) is 4.39 Å². The van der Waals surface area contributed by atoms with E-state index in [0.717, 1.165) is 0 Å². The third kappa shape index (κ3) is 2.19. The summed E-state index contributed by atoms with van der Waals surface area (Å²) in [5.41, 5.74) is 6.04. The SMILES string of the molecule is Cn1nnc(CC(N)c2ncccc2F)n1. The summed E-state index contributed by atoms with van der Waals surface area (Å²) < 4.78 is 13.3. The first kappa shape index (κ1) is 10.6. The predicted molar refractivity (Wildman–Crippen MR) is 53.6 cm³/mol. The van der Waals surface area contributed by atoms with Gasteiger partial charge in [-0.25, -0.2) is 4.39 Å². The summed E-state index contributed by atoms with van der Waals surface area (Å²) in [6.07, 6.45) is 1.81. The van der Waals surface area contributed by atoms with Crippen molar-refractivity contribution in [2.24, 2.45) is 12.8 Å². The Labute approximate surface area is 91.3 Å². The smallest absolute Gasteiger partial charge is 0.176 e. The molecule has 1 unspecified atom stereocenters. The van der Waals surface area contributed by atoms with Crippen molar-refractivity contribution in [3.8, 4) is 0 Å². The Morgan fingerprint density at radius 1 is 1.56 bits per heavy atom. The molecule has 16 heavy (non-hydrogen) atoms. The van der Waals surface area contributed by atoms with E-state index in [0.29, 0.717) is 12.2 Å². The Morgan fingerprint density at radius 2 is 2.38 bits per heavy atom. The number of hydrogen-bond acceptors (Lipinski definition) is 5. The van der Waals surface area contributed by atoms with Crippen LogP contribution in [0.1, 0.15) is 17.6 Å². The quantitative estimate of drug-likeness (QED) is 0.789. The van der Waals surface area contributed by atoms with Gasteiger partial charge in [0.2, 0.25) is 0 Å². The lowest BCUT2D eigenvalue weighted by Gasteiger charge is -2.08. The summed E-state index contributed by atoms with van der Waals surface area (Å²) in [6, 6.07) is 2.28. The minimum Gasteiger partial charge on any atom is -0.322 e. The molecule has 0 bridgehead atoms. The normalized spacial score (nSPS) is 12.7. The lowest BCUT2D eigenvalue weighted by molar-refractivity contribution is 0.557. The monoisotopic (exact) mass is 222 g/mol. The molecule has 7 heteroatoms. The highest BCUT2D eigenvalue weighted by Crippen LogP contribution is 2.14. The maximum Gasteiger partial charge on any atom is 0.176 e. The second-order valence-corrected chi connectivity index (χ2v) is 3.38. The Hall–Kier alpha value is -1.89. The van der Waals surface area contributed by atoms with Crippen LogP contribution >= 0.6 is 0 Å². The third-order valence-corrected chi connectivity index (χ3v) is 2.09. The van der Waals surface area contributed by atoms with Crippen LogP contribution in [0.25, 0.3) is 0 Å². The predicted octanol–water partition coefficient (Wildman–Crippen LogP) is -0.0133. The molecule has 0 aliphatic carbocycles. The second kappa shape index (κ2) is 4.31. The first-order valence-corrected chi connectivity index (χ1v) is 4.75. The average molecular weight is 222 g/mol. The van der Waals surface area contributed by atoms with E-state index in [1.165, 1.54) is 23.1 Å². The molecule has 0 amide bonds. The van der Waals surface area contributed by atoms with Gasteiger partial charge >= 0.3 is 0 Å². The molecule has 2 heterocycles. The standard InChI is InChI=1S/C9H11FN6/c1-16-14-8(13-15-16)5-7(11)9-6(10)3-2-4-12-9/h2-4,7H,5,11H2,1H3. The molecule has 2 N–H and O–H groups in total. The van der Waals surface area contributed by atoms with Crippen molar-refractivity contribution >= 4 is 0 Å². The zero-order valence-corrected chi connectivity index (χ0v) is 8.71. The number of tetrazole rings is 1. The van der Waals surface area contributed by atoms with Crippen molar-refractivity contribution in [3.63, 3.8) is 0 Å². The fourth-order valence-electron chi connectivity index (χ4n) is 1.37. The summed E-state index contributed by atoms with van der Waals surface area (Å²) in [5, 5.41) is 11.4. The Morgan fingerprint density at radius 3 is 3.00 bits per heavy atom. The number of rotatable bonds is 3. The summed E-state index contributed by atoms with van der Waals surface area (Å²) in [5.74, 6) is 0.0546. The average Bonchev–Trinajstić information content (AvgIpc) is 2.64. The van der Waals surface area contributed by atoms with E-state index in [2.05, 4.69) is 20.4 Å². The van der Waals surface area contributed by atoms with Crippen LogP contribution in [0.15, 0.2) is 18.3 Å².